The summed E-state index contributed by atoms with van der Waals surface area (Å²) in [6.45, 7) is 4.39. The number of pyridine rings is 1. The van der Waals surface area contributed by atoms with E-state index in [-0.39, 0.29) is 11.8 Å². The van der Waals surface area contributed by atoms with Gasteiger partial charge in [0, 0.05) is 50.7 Å². The first-order valence-corrected chi connectivity index (χ1v) is 10.7. The van der Waals surface area contributed by atoms with E-state index < -0.39 is 0 Å². The number of hydrogen-bond acceptors (Lipinski definition) is 7. The molecule has 4 rings (SSSR count). The monoisotopic (exact) mass is 410 g/mol. The van der Waals surface area contributed by atoms with Crippen LogP contribution in [-0.2, 0) is 11.3 Å². The minimum Gasteiger partial charge on any atom is -0.481 e. The van der Waals surface area contributed by atoms with E-state index in [2.05, 4.69) is 30.1 Å². The summed E-state index contributed by atoms with van der Waals surface area (Å²) in [6.07, 6.45) is 9.31. The van der Waals surface area contributed by atoms with Crippen molar-refractivity contribution in [3.63, 3.8) is 0 Å². The lowest BCUT2D eigenvalue weighted by molar-refractivity contribution is -0.127. The SMILES string of the molecule is COc1cc(N2CCC(N3CCC[C@H](C(=O)NCc4cccnc4)C3)CC2)ncn1. The maximum absolute atomic E-state index is 12.7. The van der Waals surface area contributed by atoms with Crippen molar-refractivity contribution in [2.24, 2.45) is 5.92 Å². The third-order valence-electron chi connectivity index (χ3n) is 6.15. The lowest BCUT2D eigenvalue weighted by Crippen LogP contribution is -2.50. The third kappa shape index (κ3) is 5.05. The van der Waals surface area contributed by atoms with Gasteiger partial charge in [-0.25, -0.2) is 9.97 Å². The molecule has 8 heteroatoms. The number of nitrogens with zero attached hydrogens (tertiary/aromatic N) is 5. The summed E-state index contributed by atoms with van der Waals surface area (Å²) in [4.78, 5) is 30.1. The second-order valence-electron chi connectivity index (χ2n) is 8.05. The van der Waals surface area contributed by atoms with Crippen molar-refractivity contribution in [2.45, 2.75) is 38.3 Å². The average Bonchev–Trinajstić information content (AvgIpc) is 2.83. The number of carbonyl (C=O) groups is 1. The Morgan fingerprint density at radius 2 is 2.10 bits per heavy atom. The highest BCUT2D eigenvalue weighted by Gasteiger charge is 2.31. The zero-order valence-electron chi connectivity index (χ0n) is 17.5. The number of rotatable bonds is 6. The van der Waals surface area contributed by atoms with Crippen LogP contribution < -0.4 is 15.0 Å². The van der Waals surface area contributed by atoms with Gasteiger partial charge in [-0.05, 0) is 43.9 Å². The molecule has 30 heavy (non-hydrogen) atoms. The predicted octanol–water partition coefficient (Wildman–Crippen LogP) is 1.88. The van der Waals surface area contributed by atoms with Crippen molar-refractivity contribution in [2.75, 3.05) is 38.2 Å². The molecule has 0 bridgehead atoms. The Balaban J connectivity index is 1.27. The van der Waals surface area contributed by atoms with Crippen LogP contribution in [0, 0.1) is 5.92 Å². The molecule has 0 aromatic carbocycles. The number of nitrogens with one attached hydrogen (secondary N) is 1. The van der Waals surface area contributed by atoms with E-state index in [9.17, 15) is 4.79 Å². The van der Waals surface area contributed by atoms with E-state index in [1.54, 1.807) is 25.8 Å². The Hall–Kier alpha value is -2.74. The van der Waals surface area contributed by atoms with Crippen LogP contribution in [0.5, 0.6) is 5.88 Å². The van der Waals surface area contributed by atoms with E-state index >= 15 is 0 Å². The van der Waals surface area contributed by atoms with Crippen LogP contribution in [0.4, 0.5) is 5.82 Å². The van der Waals surface area contributed by atoms with Crippen LogP contribution in [0.2, 0.25) is 0 Å². The van der Waals surface area contributed by atoms with E-state index in [4.69, 9.17) is 4.74 Å². The minimum absolute atomic E-state index is 0.0691. The van der Waals surface area contributed by atoms with Gasteiger partial charge in [-0.15, -0.1) is 0 Å². The van der Waals surface area contributed by atoms with Crippen LogP contribution in [-0.4, -0.2) is 65.1 Å². The summed E-state index contributed by atoms with van der Waals surface area (Å²) in [5, 5.41) is 3.09. The van der Waals surface area contributed by atoms with E-state index in [0.29, 0.717) is 18.5 Å². The summed E-state index contributed by atoms with van der Waals surface area (Å²) < 4.78 is 5.22. The highest BCUT2D eigenvalue weighted by atomic mass is 16.5. The lowest BCUT2D eigenvalue weighted by Gasteiger charge is -2.42. The number of ether oxygens (including phenoxy) is 1. The molecule has 1 amide bonds. The first-order valence-electron chi connectivity index (χ1n) is 10.7. The maximum Gasteiger partial charge on any atom is 0.224 e. The molecule has 1 N–H and O–H groups in total. The van der Waals surface area contributed by atoms with Gasteiger partial charge in [-0.3, -0.25) is 14.7 Å². The fourth-order valence-corrected chi connectivity index (χ4v) is 4.46. The number of amides is 1. The highest BCUT2D eigenvalue weighted by Crippen LogP contribution is 2.26. The lowest BCUT2D eigenvalue weighted by atomic mass is 9.93. The predicted molar refractivity (Wildman–Crippen MR) is 114 cm³/mol. The number of piperidine rings is 2. The molecule has 2 saturated heterocycles. The Morgan fingerprint density at radius 1 is 1.23 bits per heavy atom. The van der Waals surface area contributed by atoms with Crippen molar-refractivity contribution in [1.82, 2.24) is 25.2 Å². The molecule has 0 saturated carbocycles. The molecule has 2 aromatic rings. The molecule has 2 aliphatic heterocycles. The van der Waals surface area contributed by atoms with Crippen LogP contribution >= 0.6 is 0 Å². The second-order valence-corrected chi connectivity index (χ2v) is 8.05. The summed E-state index contributed by atoms with van der Waals surface area (Å²) in [5.74, 6) is 1.75. The Labute approximate surface area is 177 Å². The van der Waals surface area contributed by atoms with Crippen molar-refractivity contribution in [3.8, 4) is 5.88 Å². The minimum atomic E-state index is 0.0691. The number of anilines is 1. The van der Waals surface area contributed by atoms with Crippen LogP contribution in [0.15, 0.2) is 36.9 Å². The first kappa shape index (κ1) is 20.5. The summed E-state index contributed by atoms with van der Waals surface area (Å²) in [7, 11) is 1.62. The van der Waals surface area contributed by atoms with Crippen molar-refractivity contribution in [1.29, 1.82) is 0 Å². The zero-order valence-corrected chi connectivity index (χ0v) is 17.5. The Kier molecular flexibility index (Phi) is 6.74. The topological polar surface area (TPSA) is 83.5 Å². The van der Waals surface area contributed by atoms with Gasteiger partial charge < -0.3 is 15.0 Å². The normalized spacial score (nSPS) is 20.7. The molecular weight excluding hydrogens is 380 g/mol. The average molecular weight is 411 g/mol. The Bertz CT molecular complexity index is 825. The smallest absolute Gasteiger partial charge is 0.224 e. The first-order chi connectivity index (χ1) is 14.7. The van der Waals surface area contributed by atoms with Gasteiger partial charge in [0.25, 0.3) is 0 Å². The number of methoxy groups -OCH3 is 1. The molecule has 2 aliphatic rings. The fraction of sp³-hybridized carbons (Fsp3) is 0.545. The quantitative estimate of drug-likeness (QED) is 0.778. The fourth-order valence-electron chi connectivity index (χ4n) is 4.46. The van der Waals surface area contributed by atoms with Gasteiger partial charge >= 0.3 is 0 Å². The number of carbonyl (C=O) groups excluding carboxylic acids is 1. The second kappa shape index (κ2) is 9.84. The molecule has 0 radical (unpaired) electrons. The van der Waals surface area contributed by atoms with Gasteiger partial charge in [0.2, 0.25) is 11.8 Å². The van der Waals surface area contributed by atoms with Gasteiger partial charge in [-0.2, -0.15) is 0 Å². The van der Waals surface area contributed by atoms with Crippen LogP contribution in [0.3, 0.4) is 0 Å². The van der Waals surface area contributed by atoms with Crippen molar-refractivity contribution < 1.29 is 9.53 Å². The van der Waals surface area contributed by atoms with Gasteiger partial charge in [0.05, 0.1) is 13.0 Å². The molecule has 1 atom stereocenters. The molecule has 160 valence electrons. The molecule has 0 unspecified atom stereocenters. The standard InChI is InChI=1S/C22H30N6O2/c1-30-21-12-20(25-16-26-21)27-10-6-19(7-11-27)28-9-3-5-18(15-28)22(29)24-14-17-4-2-8-23-13-17/h2,4,8,12-13,16,18-19H,3,5-7,9-11,14-15H2,1H3,(H,24,29)/t18-/m0/s1. The summed E-state index contributed by atoms with van der Waals surface area (Å²) >= 11 is 0. The van der Waals surface area contributed by atoms with Crippen molar-refractivity contribution >= 4 is 11.7 Å². The molecular formula is C22H30N6O2. The molecule has 2 fully saturated rings. The van der Waals surface area contributed by atoms with Gasteiger partial charge in [0.15, 0.2) is 0 Å². The number of aromatic nitrogens is 3. The third-order valence-corrected chi connectivity index (χ3v) is 6.15. The highest BCUT2D eigenvalue weighted by molar-refractivity contribution is 5.78. The van der Waals surface area contributed by atoms with Gasteiger partial charge in [0.1, 0.15) is 12.1 Å². The molecule has 0 aliphatic carbocycles. The van der Waals surface area contributed by atoms with E-state index in [0.717, 1.165) is 63.2 Å². The number of likely N-dealkylation sites (tertiary alicyclic amines) is 1. The van der Waals surface area contributed by atoms with Gasteiger partial charge in [-0.1, -0.05) is 6.07 Å². The van der Waals surface area contributed by atoms with Crippen molar-refractivity contribution in [3.05, 3.63) is 42.5 Å². The maximum atomic E-state index is 12.7. The van der Waals surface area contributed by atoms with E-state index in [1.807, 2.05) is 18.2 Å². The summed E-state index contributed by atoms with van der Waals surface area (Å²) in [5.41, 5.74) is 1.03. The van der Waals surface area contributed by atoms with Crippen LogP contribution in [0.1, 0.15) is 31.2 Å². The molecule has 2 aromatic heterocycles. The van der Waals surface area contributed by atoms with E-state index in [1.165, 1.54) is 0 Å². The summed E-state index contributed by atoms with van der Waals surface area (Å²) in [6, 6.07) is 6.30. The zero-order chi connectivity index (χ0) is 20.8. The largest absolute Gasteiger partial charge is 0.481 e. The van der Waals surface area contributed by atoms with Crippen LogP contribution in [0.25, 0.3) is 0 Å². The molecule has 0 spiro atoms. The number of hydrogen-bond donors (Lipinski definition) is 1. The molecule has 4 heterocycles. The Morgan fingerprint density at radius 3 is 2.87 bits per heavy atom. The molecule has 8 nitrogen and oxygen atoms in total.